The number of carbonyl (C=O) groups is 2. The van der Waals surface area contributed by atoms with E-state index in [0.717, 1.165) is 12.8 Å². The quantitative estimate of drug-likeness (QED) is 0.556. The molecule has 0 aromatic rings. The van der Waals surface area contributed by atoms with Gasteiger partial charge >= 0.3 is 11.9 Å². The van der Waals surface area contributed by atoms with Crippen LogP contribution in [0.25, 0.3) is 0 Å². The topological polar surface area (TPSA) is 98.7 Å². The van der Waals surface area contributed by atoms with Crippen LogP contribution >= 0.6 is 0 Å². The van der Waals surface area contributed by atoms with Crippen LogP contribution in [0.4, 0.5) is 0 Å². The molecule has 0 saturated heterocycles. The van der Waals surface area contributed by atoms with Gasteiger partial charge in [0.15, 0.2) is 0 Å². The number of nitrogens with one attached hydrogen (secondary N) is 2. The second-order valence-corrected chi connectivity index (χ2v) is 4.03. The van der Waals surface area contributed by atoms with Gasteiger partial charge in [0, 0.05) is 6.04 Å². The zero-order valence-corrected chi connectivity index (χ0v) is 10.2. The van der Waals surface area contributed by atoms with E-state index in [0.29, 0.717) is 6.04 Å². The van der Waals surface area contributed by atoms with Crippen LogP contribution in [0.1, 0.15) is 32.1 Å². The molecular weight excluding hydrogens is 224 g/mol. The first-order valence-corrected chi connectivity index (χ1v) is 5.87. The van der Waals surface area contributed by atoms with E-state index in [2.05, 4.69) is 10.6 Å². The molecule has 1 rings (SSSR count). The van der Waals surface area contributed by atoms with Crippen LogP contribution in [0.2, 0.25) is 0 Å². The lowest BCUT2D eigenvalue weighted by Gasteiger charge is -2.21. The van der Waals surface area contributed by atoms with E-state index in [1.807, 2.05) is 0 Å². The Kier molecular flexibility index (Phi) is 9.37. The zero-order chi connectivity index (χ0) is 13.1. The number of hydrogen-bond acceptors (Lipinski definition) is 4. The molecule has 0 heterocycles. The van der Waals surface area contributed by atoms with Gasteiger partial charge in [-0.25, -0.2) is 0 Å². The van der Waals surface area contributed by atoms with Crippen molar-refractivity contribution < 1.29 is 19.8 Å². The fourth-order valence-corrected chi connectivity index (χ4v) is 1.69. The minimum Gasteiger partial charge on any atom is -0.480 e. The molecule has 0 radical (unpaired) electrons. The molecule has 0 bridgehead atoms. The summed E-state index contributed by atoms with van der Waals surface area (Å²) >= 11 is 0. The van der Waals surface area contributed by atoms with Gasteiger partial charge in [-0.15, -0.1) is 0 Å². The van der Waals surface area contributed by atoms with Crippen LogP contribution in [0.3, 0.4) is 0 Å². The SMILES string of the molecule is CNCC(=O)O.O=C(O)CNC1CCCCC1. The summed E-state index contributed by atoms with van der Waals surface area (Å²) in [6, 6.07) is 0.458. The third-order valence-corrected chi connectivity index (χ3v) is 2.48. The van der Waals surface area contributed by atoms with Crippen molar-refractivity contribution in [2.45, 2.75) is 38.1 Å². The molecule has 0 aliphatic heterocycles. The van der Waals surface area contributed by atoms with Gasteiger partial charge in [0.25, 0.3) is 0 Å². The van der Waals surface area contributed by atoms with Crippen molar-refractivity contribution in [3.63, 3.8) is 0 Å². The van der Waals surface area contributed by atoms with Crippen LogP contribution in [-0.4, -0.2) is 48.3 Å². The number of hydrogen-bond donors (Lipinski definition) is 4. The minimum absolute atomic E-state index is 0.0417. The van der Waals surface area contributed by atoms with Crippen molar-refractivity contribution in [2.24, 2.45) is 0 Å². The standard InChI is InChI=1S/C8H15NO2.C3H7NO2/c10-8(11)6-9-7-4-2-1-3-5-7;1-4-2-3(5)6/h7,9H,1-6H2,(H,10,11);4H,2H2,1H3,(H,5,6). The Labute approximate surface area is 101 Å². The average Bonchev–Trinajstić information content (AvgIpc) is 2.28. The average molecular weight is 246 g/mol. The Balaban J connectivity index is 0.000000366. The smallest absolute Gasteiger partial charge is 0.317 e. The lowest BCUT2D eigenvalue weighted by atomic mass is 9.96. The number of aliphatic carboxylic acids is 2. The molecule has 17 heavy (non-hydrogen) atoms. The third-order valence-electron chi connectivity index (χ3n) is 2.48. The van der Waals surface area contributed by atoms with Crippen LogP contribution in [0, 0.1) is 0 Å². The summed E-state index contributed by atoms with van der Waals surface area (Å²) in [5.74, 6) is -1.58. The molecule has 0 spiro atoms. The molecule has 100 valence electrons. The van der Waals surface area contributed by atoms with Gasteiger partial charge in [0.05, 0.1) is 13.1 Å². The molecule has 0 unspecified atom stereocenters. The normalized spacial score (nSPS) is 15.8. The van der Waals surface area contributed by atoms with Crippen LogP contribution in [0.15, 0.2) is 0 Å². The maximum Gasteiger partial charge on any atom is 0.317 e. The van der Waals surface area contributed by atoms with E-state index in [1.165, 1.54) is 19.3 Å². The first-order chi connectivity index (χ1) is 8.06. The molecule has 1 fully saturated rings. The molecule has 0 aromatic heterocycles. The highest BCUT2D eigenvalue weighted by Gasteiger charge is 2.12. The fraction of sp³-hybridized carbons (Fsp3) is 0.818. The lowest BCUT2D eigenvalue weighted by molar-refractivity contribution is -0.137. The van der Waals surface area contributed by atoms with Crippen molar-refractivity contribution in [1.82, 2.24) is 10.6 Å². The van der Waals surface area contributed by atoms with E-state index >= 15 is 0 Å². The number of carboxylic acids is 2. The highest BCUT2D eigenvalue weighted by Crippen LogP contribution is 2.16. The molecule has 1 aliphatic rings. The van der Waals surface area contributed by atoms with Gasteiger partial charge in [-0.3, -0.25) is 9.59 Å². The molecular formula is C11H22N2O4. The second kappa shape index (κ2) is 10.0. The number of carboxylic acid groups (broad SMARTS) is 2. The number of likely N-dealkylation sites (N-methyl/N-ethyl adjacent to an activating group) is 1. The summed E-state index contributed by atoms with van der Waals surface area (Å²) in [5, 5.41) is 21.7. The van der Waals surface area contributed by atoms with Crippen molar-refractivity contribution in [2.75, 3.05) is 20.1 Å². The Morgan fingerprint density at radius 3 is 1.94 bits per heavy atom. The number of rotatable bonds is 5. The second-order valence-electron chi connectivity index (χ2n) is 4.03. The third kappa shape index (κ3) is 11.1. The van der Waals surface area contributed by atoms with E-state index in [9.17, 15) is 9.59 Å². The summed E-state index contributed by atoms with van der Waals surface area (Å²) in [6.45, 7) is 0.157. The predicted octanol–water partition coefficient (Wildman–Crippen LogP) is 0.284. The molecule has 1 aliphatic carbocycles. The first-order valence-electron chi connectivity index (χ1n) is 5.87. The van der Waals surface area contributed by atoms with E-state index in [4.69, 9.17) is 10.2 Å². The largest absolute Gasteiger partial charge is 0.480 e. The first kappa shape index (κ1) is 15.9. The maximum atomic E-state index is 10.2. The van der Waals surface area contributed by atoms with Gasteiger partial charge in [0.2, 0.25) is 0 Å². The monoisotopic (exact) mass is 246 g/mol. The Hall–Kier alpha value is -1.14. The summed E-state index contributed by atoms with van der Waals surface area (Å²) in [6.07, 6.45) is 6.10. The molecule has 0 amide bonds. The summed E-state index contributed by atoms with van der Waals surface area (Å²) in [5.41, 5.74) is 0. The highest BCUT2D eigenvalue weighted by molar-refractivity contribution is 5.69. The summed E-state index contributed by atoms with van der Waals surface area (Å²) < 4.78 is 0. The Morgan fingerprint density at radius 2 is 1.59 bits per heavy atom. The van der Waals surface area contributed by atoms with Crippen molar-refractivity contribution in [1.29, 1.82) is 0 Å². The molecule has 0 aromatic carbocycles. The minimum atomic E-state index is -0.822. The van der Waals surface area contributed by atoms with Crippen LogP contribution < -0.4 is 10.6 Å². The summed E-state index contributed by atoms with van der Waals surface area (Å²) in [7, 11) is 1.59. The van der Waals surface area contributed by atoms with Gasteiger partial charge in [-0.05, 0) is 19.9 Å². The van der Waals surface area contributed by atoms with Crippen molar-refractivity contribution >= 4 is 11.9 Å². The molecule has 4 N–H and O–H groups in total. The van der Waals surface area contributed by atoms with Gasteiger partial charge in [-0.1, -0.05) is 19.3 Å². The molecule has 1 saturated carbocycles. The van der Waals surface area contributed by atoms with E-state index in [-0.39, 0.29) is 13.1 Å². The highest BCUT2D eigenvalue weighted by atomic mass is 16.4. The van der Waals surface area contributed by atoms with Crippen LogP contribution in [-0.2, 0) is 9.59 Å². The van der Waals surface area contributed by atoms with Gasteiger partial charge < -0.3 is 20.8 Å². The van der Waals surface area contributed by atoms with Crippen molar-refractivity contribution in [3.05, 3.63) is 0 Å². The Morgan fingerprint density at radius 1 is 1.06 bits per heavy atom. The molecule has 6 nitrogen and oxygen atoms in total. The summed E-state index contributed by atoms with van der Waals surface area (Å²) in [4.78, 5) is 19.7. The van der Waals surface area contributed by atoms with Crippen molar-refractivity contribution in [3.8, 4) is 0 Å². The van der Waals surface area contributed by atoms with Crippen LogP contribution in [0.5, 0.6) is 0 Å². The van der Waals surface area contributed by atoms with E-state index in [1.54, 1.807) is 7.05 Å². The maximum absolute atomic E-state index is 10.2. The Bertz CT molecular complexity index is 228. The predicted molar refractivity (Wildman–Crippen MR) is 64.1 cm³/mol. The molecule has 6 heteroatoms. The molecule has 0 atom stereocenters. The fourth-order valence-electron chi connectivity index (χ4n) is 1.69. The van der Waals surface area contributed by atoms with Gasteiger partial charge in [0.1, 0.15) is 0 Å². The zero-order valence-electron chi connectivity index (χ0n) is 10.2. The van der Waals surface area contributed by atoms with Gasteiger partial charge in [-0.2, -0.15) is 0 Å². The lowest BCUT2D eigenvalue weighted by Crippen LogP contribution is -2.34. The van der Waals surface area contributed by atoms with E-state index < -0.39 is 11.9 Å².